The number of carbonyl (C=O) groups excluding carboxylic acids is 1. The van der Waals surface area contributed by atoms with E-state index in [0.29, 0.717) is 25.4 Å². The van der Waals surface area contributed by atoms with E-state index in [0.717, 1.165) is 54.6 Å². The van der Waals surface area contributed by atoms with Gasteiger partial charge in [-0.25, -0.2) is 9.78 Å². The summed E-state index contributed by atoms with van der Waals surface area (Å²) in [7, 11) is 0. The minimum Gasteiger partial charge on any atom is -0.438 e. The molecule has 1 saturated heterocycles. The van der Waals surface area contributed by atoms with Gasteiger partial charge in [0.25, 0.3) is 0 Å². The van der Waals surface area contributed by atoms with Gasteiger partial charge in [0.15, 0.2) is 0 Å². The fourth-order valence-corrected chi connectivity index (χ4v) is 4.13. The third-order valence-electron chi connectivity index (χ3n) is 5.95. The number of hydrogen-bond acceptors (Lipinski definition) is 5. The zero-order chi connectivity index (χ0) is 21.9. The third kappa shape index (κ3) is 4.37. The maximum atomic E-state index is 12.9. The third-order valence-corrected chi connectivity index (χ3v) is 5.95. The largest absolute Gasteiger partial charge is 0.438 e. The van der Waals surface area contributed by atoms with Crippen LogP contribution in [0.15, 0.2) is 54.6 Å². The molecule has 164 valence electrons. The summed E-state index contributed by atoms with van der Waals surface area (Å²) in [4.78, 5) is 26.6. The number of anilines is 2. The fourth-order valence-electron chi connectivity index (χ4n) is 4.13. The molecule has 3 heterocycles. The molecule has 5 rings (SSSR count). The van der Waals surface area contributed by atoms with E-state index >= 15 is 0 Å². The Morgan fingerprint density at radius 2 is 1.72 bits per heavy atom. The Hall–Kier alpha value is -3.61. The quantitative estimate of drug-likeness (QED) is 0.647. The molecule has 0 aliphatic carbocycles. The van der Waals surface area contributed by atoms with Crippen LogP contribution in [0.2, 0.25) is 0 Å². The Morgan fingerprint density at radius 1 is 0.969 bits per heavy atom. The number of urea groups is 1. The van der Waals surface area contributed by atoms with Crippen LogP contribution in [0, 0.1) is 6.92 Å². The fraction of sp³-hybridized carbons (Fsp3) is 0.320. The van der Waals surface area contributed by atoms with Crippen molar-refractivity contribution in [2.24, 2.45) is 0 Å². The number of amides is 2. The van der Waals surface area contributed by atoms with E-state index in [1.54, 1.807) is 4.90 Å². The van der Waals surface area contributed by atoms with Crippen LogP contribution in [-0.2, 0) is 13.0 Å². The van der Waals surface area contributed by atoms with Crippen molar-refractivity contribution in [2.45, 2.75) is 32.7 Å². The number of nitrogens with zero attached hydrogens (tertiary/aromatic N) is 4. The number of ether oxygens (including phenoxy) is 1. The lowest BCUT2D eigenvalue weighted by molar-refractivity contribution is 0.205. The minimum absolute atomic E-state index is 0.133. The van der Waals surface area contributed by atoms with Gasteiger partial charge >= 0.3 is 6.03 Å². The minimum atomic E-state index is -0.133. The second-order valence-corrected chi connectivity index (χ2v) is 8.33. The van der Waals surface area contributed by atoms with E-state index < -0.39 is 0 Å². The summed E-state index contributed by atoms with van der Waals surface area (Å²) in [5.41, 5.74) is 3.79. The molecule has 0 unspecified atom stereocenters. The average Bonchev–Trinajstić information content (AvgIpc) is 3.36. The molecule has 7 nitrogen and oxygen atoms in total. The van der Waals surface area contributed by atoms with Crippen LogP contribution >= 0.6 is 0 Å². The van der Waals surface area contributed by atoms with Crippen LogP contribution in [0.4, 0.5) is 16.4 Å². The number of hydrogen-bond donors (Lipinski definition) is 1. The molecule has 0 radical (unpaired) electrons. The van der Waals surface area contributed by atoms with Crippen molar-refractivity contribution in [1.29, 1.82) is 0 Å². The van der Waals surface area contributed by atoms with Crippen LogP contribution < -0.4 is 15.0 Å². The molecule has 32 heavy (non-hydrogen) atoms. The first-order valence-electron chi connectivity index (χ1n) is 11.2. The Kier molecular flexibility index (Phi) is 5.62. The number of para-hydroxylation sites is 1. The van der Waals surface area contributed by atoms with Gasteiger partial charge in [-0.1, -0.05) is 35.9 Å². The van der Waals surface area contributed by atoms with E-state index in [1.165, 1.54) is 5.56 Å². The predicted molar refractivity (Wildman–Crippen MR) is 124 cm³/mol. The normalized spacial score (nSPS) is 15.4. The van der Waals surface area contributed by atoms with Crippen molar-refractivity contribution in [3.05, 3.63) is 71.4 Å². The Bertz CT molecular complexity index is 1100. The zero-order valence-electron chi connectivity index (χ0n) is 18.3. The second kappa shape index (κ2) is 8.86. The van der Waals surface area contributed by atoms with Crippen molar-refractivity contribution < 1.29 is 9.53 Å². The summed E-state index contributed by atoms with van der Waals surface area (Å²) in [5, 5.41) is 2.97. The summed E-state index contributed by atoms with van der Waals surface area (Å²) < 4.78 is 6.24. The number of aryl methyl sites for hydroxylation is 1. The average molecular weight is 430 g/mol. The van der Waals surface area contributed by atoms with Crippen molar-refractivity contribution in [3.63, 3.8) is 0 Å². The van der Waals surface area contributed by atoms with Crippen molar-refractivity contribution in [3.8, 4) is 11.6 Å². The first-order valence-corrected chi connectivity index (χ1v) is 11.2. The lowest BCUT2D eigenvalue weighted by Crippen LogP contribution is -2.39. The van der Waals surface area contributed by atoms with E-state index in [-0.39, 0.29) is 6.03 Å². The highest BCUT2D eigenvalue weighted by molar-refractivity contribution is 5.89. The molecule has 2 aliphatic rings. The second-order valence-electron chi connectivity index (χ2n) is 8.33. The van der Waals surface area contributed by atoms with Gasteiger partial charge in [-0.15, -0.1) is 0 Å². The van der Waals surface area contributed by atoms with Crippen LogP contribution in [0.1, 0.15) is 29.7 Å². The van der Waals surface area contributed by atoms with E-state index in [9.17, 15) is 4.79 Å². The maximum Gasteiger partial charge on any atom is 0.322 e. The first-order chi connectivity index (χ1) is 15.7. The highest BCUT2D eigenvalue weighted by atomic mass is 16.5. The predicted octanol–water partition coefficient (Wildman–Crippen LogP) is 4.77. The molecule has 1 aromatic heterocycles. The summed E-state index contributed by atoms with van der Waals surface area (Å²) in [6.07, 6.45) is 2.98. The van der Waals surface area contributed by atoms with Gasteiger partial charge in [0, 0.05) is 31.7 Å². The number of aromatic nitrogens is 2. The smallest absolute Gasteiger partial charge is 0.322 e. The Labute approximate surface area is 188 Å². The topological polar surface area (TPSA) is 70.6 Å². The van der Waals surface area contributed by atoms with Crippen molar-refractivity contribution in [1.82, 2.24) is 14.9 Å². The lowest BCUT2D eigenvalue weighted by Gasteiger charge is -2.30. The van der Waals surface area contributed by atoms with Gasteiger partial charge in [-0.2, -0.15) is 4.98 Å². The van der Waals surface area contributed by atoms with Crippen molar-refractivity contribution >= 4 is 17.7 Å². The SMILES string of the molecule is Cc1ccc(Oc2nc(N3CCCC3)nc3c2CN(C(=O)Nc2ccccc2)CC3)cc1. The zero-order valence-corrected chi connectivity index (χ0v) is 18.3. The Balaban J connectivity index is 1.43. The molecule has 2 aliphatic heterocycles. The van der Waals surface area contributed by atoms with Gasteiger partial charge < -0.3 is 19.9 Å². The molecule has 0 saturated carbocycles. The number of nitrogens with one attached hydrogen (secondary N) is 1. The number of fused-ring (bicyclic) bond motifs is 1. The molecule has 2 amide bonds. The van der Waals surface area contributed by atoms with Crippen LogP contribution in [0.25, 0.3) is 0 Å². The lowest BCUT2D eigenvalue weighted by atomic mass is 10.1. The molecule has 0 spiro atoms. The van der Waals surface area contributed by atoms with Gasteiger partial charge in [0.1, 0.15) is 5.75 Å². The number of rotatable bonds is 4. The standard InChI is InChI=1S/C25H27N5O2/c1-18-9-11-20(12-10-18)32-23-21-17-30(25(31)26-19-7-3-2-4-8-19)16-13-22(21)27-24(28-23)29-14-5-6-15-29/h2-4,7-12H,5-6,13-17H2,1H3,(H,26,31). The van der Waals surface area contributed by atoms with E-state index in [1.807, 2.05) is 61.5 Å². The van der Waals surface area contributed by atoms with Crippen LogP contribution in [0.5, 0.6) is 11.6 Å². The monoisotopic (exact) mass is 429 g/mol. The van der Waals surface area contributed by atoms with Crippen LogP contribution in [-0.4, -0.2) is 40.5 Å². The molecular formula is C25H27N5O2. The number of benzene rings is 2. The molecule has 0 atom stereocenters. The van der Waals surface area contributed by atoms with E-state index in [4.69, 9.17) is 14.7 Å². The van der Waals surface area contributed by atoms with E-state index in [2.05, 4.69) is 10.2 Å². The first kappa shape index (κ1) is 20.3. The van der Waals surface area contributed by atoms with Gasteiger partial charge in [0.2, 0.25) is 11.8 Å². The highest BCUT2D eigenvalue weighted by Crippen LogP contribution is 2.32. The molecule has 7 heteroatoms. The molecule has 1 N–H and O–H groups in total. The summed E-state index contributed by atoms with van der Waals surface area (Å²) in [6, 6.07) is 17.3. The van der Waals surface area contributed by atoms with Gasteiger partial charge in [-0.3, -0.25) is 0 Å². The van der Waals surface area contributed by atoms with Gasteiger partial charge in [-0.05, 0) is 44.0 Å². The van der Waals surface area contributed by atoms with Crippen LogP contribution in [0.3, 0.4) is 0 Å². The summed E-state index contributed by atoms with van der Waals surface area (Å²) >= 11 is 0. The number of carbonyl (C=O) groups is 1. The maximum absolute atomic E-state index is 12.9. The molecule has 2 aromatic carbocycles. The molecule has 0 bridgehead atoms. The highest BCUT2D eigenvalue weighted by Gasteiger charge is 2.28. The summed E-state index contributed by atoms with van der Waals surface area (Å²) in [6.45, 7) is 5.00. The van der Waals surface area contributed by atoms with Crippen molar-refractivity contribution in [2.75, 3.05) is 29.9 Å². The Morgan fingerprint density at radius 3 is 2.47 bits per heavy atom. The summed E-state index contributed by atoms with van der Waals surface area (Å²) in [5.74, 6) is 2.00. The molecule has 3 aromatic rings. The molecular weight excluding hydrogens is 402 g/mol. The molecule has 1 fully saturated rings. The van der Waals surface area contributed by atoms with Gasteiger partial charge in [0.05, 0.1) is 17.8 Å².